The van der Waals surface area contributed by atoms with Gasteiger partial charge in [-0.2, -0.15) is 0 Å². The van der Waals surface area contributed by atoms with E-state index in [1.807, 2.05) is 0 Å². The summed E-state index contributed by atoms with van der Waals surface area (Å²) < 4.78 is 0. The standard InChI is InChI=1S/C12H15N3O5/c1-3-14(7-11(16)17)12(18)13-10-5-4-9(15(19)20)6-8(10)2/h4-6H,3,7H2,1-2H3,(H,13,18)(H,16,17). The number of hydrogen-bond donors (Lipinski definition) is 2. The molecule has 0 radical (unpaired) electrons. The number of nitrogens with zero attached hydrogens (tertiary/aromatic N) is 2. The average Bonchev–Trinajstić information content (AvgIpc) is 2.37. The molecule has 8 heteroatoms. The van der Waals surface area contributed by atoms with Crippen LogP contribution >= 0.6 is 0 Å². The van der Waals surface area contributed by atoms with Crippen LogP contribution in [-0.2, 0) is 4.79 Å². The largest absolute Gasteiger partial charge is 0.480 e. The topological polar surface area (TPSA) is 113 Å². The third-order valence-electron chi connectivity index (χ3n) is 2.66. The Hall–Kier alpha value is -2.64. The number of aliphatic carboxylic acids is 1. The molecule has 8 nitrogen and oxygen atoms in total. The fraction of sp³-hybridized carbons (Fsp3) is 0.333. The lowest BCUT2D eigenvalue weighted by molar-refractivity contribution is -0.384. The fourth-order valence-electron chi connectivity index (χ4n) is 1.59. The van der Waals surface area contributed by atoms with Gasteiger partial charge in [0.1, 0.15) is 6.54 Å². The molecule has 0 unspecified atom stereocenters. The molecule has 2 amide bonds. The molecule has 108 valence electrons. The predicted octanol–water partition coefficient (Wildman–Crippen LogP) is 1.84. The van der Waals surface area contributed by atoms with Gasteiger partial charge in [0.2, 0.25) is 0 Å². The first-order chi connectivity index (χ1) is 9.35. The highest BCUT2D eigenvalue weighted by molar-refractivity contribution is 5.92. The summed E-state index contributed by atoms with van der Waals surface area (Å²) in [7, 11) is 0. The zero-order valence-electron chi connectivity index (χ0n) is 11.1. The van der Waals surface area contributed by atoms with E-state index in [9.17, 15) is 19.7 Å². The number of carbonyl (C=O) groups is 2. The summed E-state index contributed by atoms with van der Waals surface area (Å²) in [6, 6.07) is 3.46. The number of nitrogens with one attached hydrogen (secondary N) is 1. The number of likely N-dealkylation sites (N-methyl/N-ethyl adjacent to an activating group) is 1. The van der Waals surface area contributed by atoms with E-state index in [2.05, 4.69) is 5.32 Å². The van der Waals surface area contributed by atoms with Gasteiger partial charge in [-0.3, -0.25) is 14.9 Å². The monoisotopic (exact) mass is 281 g/mol. The highest BCUT2D eigenvalue weighted by Gasteiger charge is 2.16. The molecular weight excluding hydrogens is 266 g/mol. The number of carboxylic acids is 1. The Morgan fingerprint density at radius 2 is 2.10 bits per heavy atom. The van der Waals surface area contributed by atoms with Gasteiger partial charge in [0.05, 0.1) is 4.92 Å². The van der Waals surface area contributed by atoms with Crippen LogP contribution in [0.5, 0.6) is 0 Å². The van der Waals surface area contributed by atoms with Crippen LogP contribution in [0.3, 0.4) is 0 Å². The highest BCUT2D eigenvalue weighted by atomic mass is 16.6. The summed E-state index contributed by atoms with van der Waals surface area (Å²) >= 11 is 0. The van der Waals surface area contributed by atoms with E-state index in [1.54, 1.807) is 13.8 Å². The predicted molar refractivity (Wildman–Crippen MR) is 71.7 cm³/mol. The van der Waals surface area contributed by atoms with E-state index in [0.717, 1.165) is 4.90 Å². The van der Waals surface area contributed by atoms with Gasteiger partial charge in [0, 0.05) is 24.4 Å². The van der Waals surface area contributed by atoms with Crippen molar-refractivity contribution in [3.8, 4) is 0 Å². The van der Waals surface area contributed by atoms with Crippen molar-refractivity contribution >= 4 is 23.4 Å². The van der Waals surface area contributed by atoms with E-state index in [-0.39, 0.29) is 12.2 Å². The lowest BCUT2D eigenvalue weighted by atomic mass is 10.2. The second kappa shape index (κ2) is 6.50. The van der Waals surface area contributed by atoms with Crippen molar-refractivity contribution in [3.05, 3.63) is 33.9 Å². The first-order valence-electron chi connectivity index (χ1n) is 5.88. The average molecular weight is 281 g/mol. The third kappa shape index (κ3) is 3.94. The maximum absolute atomic E-state index is 11.9. The van der Waals surface area contributed by atoms with Crippen LogP contribution in [0, 0.1) is 17.0 Å². The number of non-ortho nitro benzene ring substituents is 1. The third-order valence-corrected chi connectivity index (χ3v) is 2.66. The Labute approximate surface area is 115 Å². The molecule has 0 aromatic heterocycles. The number of aryl methyl sites for hydroxylation is 1. The Morgan fingerprint density at radius 1 is 1.45 bits per heavy atom. The molecule has 0 heterocycles. The molecule has 0 aliphatic heterocycles. The number of nitro benzene ring substituents is 1. The number of rotatable bonds is 5. The van der Waals surface area contributed by atoms with Crippen molar-refractivity contribution in [1.82, 2.24) is 4.90 Å². The summed E-state index contributed by atoms with van der Waals surface area (Å²) in [5, 5.41) is 21.8. The Balaban J connectivity index is 2.84. The number of urea groups is 1. The van der Waals surface area contributed by atoms with E-state index in [0.29, 0.717) is 11.3 Å². The van der Waals surface area contributed by atoms with E-state index in [4.69, 9.17) is 5.11 Å². The Kier molecular flexibility index (Phi) is 5.01. The Morgan fingerprint density at radius 3 is 2.55 bits per heavy atom. The van der Waals surface area contributed by atoms with Gasteiger partial charge in [0.25, 0.3) is 5.69 Å². The molecule has 0 aliphatic carbocycles. The summed E-state index contributed by atoms with van der Waals surface area (Å²) in [5.41, 5.74) is 0.863. The zero-order valence-corrected chi connectivity index (χ0v) is 11.1. The molecule has 1 aromatic rings. The Bertz CT molecular complexity index is 544. The van der Waals surface area contributed by atoms with Crippen LogP contribution in [0.1, 0.15) is 12.5 Å². The molecule has 0 spiro atoms. The number of carboxylic acid groups (broad SMARTS) is 1. The molecule has 1 aromatic carbocycles. The van der Waals surface area contributed by atoms with Crippen LogP contribution in [0.4, 0.5) is 16.2 Å². The van der Waals surface area contributed by atoms with Crippen molar-refractivity contribution in [2.75, 3.05) is 18.4 Å². The molecular formula is C12H15N3O5. The molecule has 0 atom stereocenters. The fourth-order valence-corrected chi connectivity index (χ4v) is 1.59. The quantitative estimate of drug-likeness (QED) is 0.631. The van der Waals surface area contributed by atoms with Crippen molar-refractivity contribution in [3.63, 3.8) is 0 Å². The summed E-state index contributed by atoms with van der Waals surface area (Å²) in [6.07, 6.45) is 0. The van der Waals surface area contributed by atoms with E-state index >= 15 is 0 Å². The maximum atomic E-state index is 11.9. The minimum absolute atomic E-state index is 0.0709. The molecule has 0 aliphatic rings. The van der Waals surface area contributed by atoms with Crippen molar-refractivity contribution < 1.29 is 19.6 Å². The van der Waals surface area contributed by atoms with Crippen LogP contribution in [0.2, 0.25) is 0 Å². The minimum atomic E-state index is -1.11. The first-order valence-corrected chi connectivity index (χ1v) is 5.88. The number of nitro groups is 1. The van der Waals surface area contributed by atoms with Crippen molar-refractivity contribution in [2.45, 2.75) is 13.8 Å². The number of carbonyl (C=O) groups excluding carboxylic acids is 1. The number of hydrogen-bond acceptors (Lipinski definition) is 4. The van der Waals surface area contributed by atoms with Gasteiger partial charge in [-0.25, -0.2) is 4.79 Å². The number of anilines is 1. The maximum Gasteiger partial charge on any atom is 0.323 e. The molecule has 0 bridgehead atoms. The second-order valence-electron chi connectivity index (χ2n) is 4.09. The molecule has 20 heavy (non-hydrogen) atoms. The lowest BCUT2D eigenvalue weighted by Crippen LogP contribution is -2.38. The van der Waals surface area contributed by atoms with Gasteiger partial charge in [-0.15, -0.1) is 0 Å². The minimum Gasteiger partial charge on any atom is -0.480 e. The molecule has 1 rings (SSSR count). The van der Waals surface area contributed by atoms with Gasteiger partial charge in [-0.1, -0.05) is 0 Å². The van der Waals surface area contributed by atoms with Gasteiger partial charge < -0.3 is 15.3 Å². The van der Waals surface area contributed by atoms with E-state index < -0.39 is 23.5 Å². The smallest absolute Gasteiger partial charge is 0.323 e. The second-order valence-corrected chi connectivity index (χ2v) is 4.09. The van der Waals surface area contributed by atoms with Gasteiger partial charge >= 0.3 is 12.0 Å². The van der Waals surface area contributed by atoms with Crippen LogP contribution in [-0.4, -0.2) is 40.0 Å². The summed E-state index contributed by atoms with van der Waals surface area (Å²) in [4.78, 5) is 33.7. The SMILES string of the molecule is CCN(CC(=O)O)C(=O)Nc1ccc([N+](=O)[O-])cc1C. The summed E-state index contributed by atoms with van der Waals surface area (Å²) in [5.74, 6) is -1.11. The number of benzene rings is 1. The van der Waals surface area contributed by atoms with Crippen molar-refractivity contribution in [1.29, 1.82) is 0 Å². The van der Waals surface area contributed by atoms with Gasteiger partial charge in [0.15, 0.2) is 0 Å². The zero-order chi connectivity index (χ0) is 15.3. The van der Waals surface area contributed by atoms with Crippen molar-refractivity contribution in [2.24, 2.45) is 0 Å². The molecule has 0 fully saturated rings. The molecule has 0 saturated heterocycles. The summed E-state index contributed by atoms with van der Waals surface area (Å²) in [6.45, 7) is 3.11. The molecule has 0 saturated carbocycles. The van der Waals surface area contributed by atoms with Gasteiger partial charge in [-0.05, 0) is 25.5 Å². The number of amides is 2. The highest BCUT2D eigenvalue weighted by Crippen LogP contribution is 2.21. The van der Waals surface area contributed by atoms with Crippen LogP contribution in [0.25, 0.3) is 0 Å². The normalized spacial score (nSPS) is 9.90. The van der Waals surface area contributed by atoms with Crippen LogP contribution < -0.4 is 5.32 Å². The lowest BCUT2D eigenvalue weighted by Gasteiger charge is -2.19. The first kappa shape index (κ1) is 15.4. The molecule has 2 N–H and O–H groups in total. The van der Waals surface area contributed by atoms with E-state index in [1.165, 1.54) is 18.2 Å². The van der Waals surface area contributed by atoms with Crippen LogP contribution in [0.15, 0.2) is 18.2 Å².